The second-order valence-corrected chi connectivity index (χ2v) is 7.67. The van der Waals surface area contributed by atoms with Gasteiger partial charge >= 0.3 is 0 Å². The molecule has 2 aromatic carbocycles. The van der Waals surface area contributed by atoms with Crippen molar-refractivity contribution >= 4 is 40.9 Å². The molecule has 2 aromatic rings. The van der Waals surface area contributed by atoms with Crippen molar-refractivity contribution in [1.29, 1.82) is 0 Å². The maximum atomic E-state index is 12.2. The Balaban J connectivity index is 1.40. The number of carbonyl (C=O) groups excluding carboxylic acids is 2. The fourth-order valence-corrected chi connectivity index (χ4v) is 3.77. The van der Waals surface area contributed by atoms with Crippen molar-refractivity contribution in [3.63, 3.8) is 0 Å². The molecule has 1 fully saturated rings. The van der Waals surface area contributed by atoms with E-state index in [4.69, 9.17) is 11.6 Å². The smallest absolute Gasteiger partial charge is 0.251 e. The number of thioether (sulfide) groups is 1. The minimum absolute atomic E-state index is 0.0867. The van der Waals surface area contributed by atoms with E-state index in [0.717, 1.165) is 35.2 Å². The first kappa shape index (κ1) is 18.8. The summed E-state index contributed by atoms with van der Waals surface area (Å²) in [6.45, 7) is 1.37. The van der Waals surface area contributed by atoms with Crippen LogP contribution in [0.2, 0.25) is 5.02 Å². The van der Waals surface area contributed by atoms with Crippen LogP contribution in [0.3, 0.4) is 0 Å². The highest BCUT2D eigenvalue weighted by Gasteiger charge is 2.21. The van der Waals surface area contributed by atoms with Gasteiger partial charge in [0.1, 0.15) is 0 Å². The van der Waals surface area contributed by atoms with Crippen molar-refractivity contribution in [3.8, 4) is 0 Å². The summed E-state index contributed by atoms with van der Waals surface area (Å²) in [7, 11) is 0. The third-order valence-electron chi connectivity index (χ3n) is 4.23. The van der Waals surface area contributed by atoms with Crippen LogP contribution in [0.4, 0.5) is 5.69 Å². The maximum absolute atomic E-state index is 12.2. The van der Waals surface area contributed by atoms with Gasteiger partial charge in [-0.3, -0.25) is 9.59 Å². The molecule has 2 amide bonds. The van der Waals surface area contributed by atoms with Gasteiger partial charge in [0.05, 0.1) is 0 Å². The average Bonchev–Trinajstić information content (AvgIpc) is 3.09. The van der Waals surface area contributed by atoms with Crippen LogP contribution < -0.4 is 10.2 Å². The monoisotopic (exact) mass is 388 g/mol. The molecule has 3 rings (SSSR count). The molecule has 4 nitrogen and oxygen atoms in total. The maximum Gasteiger partial charge on any atom is 0.251 e. The van der Waals surface area contributed by atoms with Crippen molar-refractivity contribution in [3.05, 3.63) is 64.7 Å². The van der Waals surface area contributed by atoms with Gasteiger partial charge in [-0.2, -0.15) is 11.8 Å². The number of anilines is 1. The molecule has 136 valence electrons. The molecule has 1 aliphatic heterocycles. The second-order valence-electron chi connectivity index (χ2n) is 6.13. The van der Waals surface area contributed by atoms with Crippen molar-refractivity contribution in [2.75, 3.05) is 23.7 Å². The highest BCUT2D eigenvalue weighted by atomic mass is 35.5. The Hall–Kier alpha value is -1.98. The Morgan fingerprint density at radius 3 is 2.50 bits per heavy atom. The number of rotatable bonds is 7. The van der Waals surface area contributed by atoms with Gasteiger partial charge in [-0.25, -0.2) is 0 Å². The van der Waals surface area contributed by atoms with Crippen molar-refractivity contribution in [2.24, 2.45) is 0 Å². The normalized spacial score (nSPS) is 13.9. The minimum atomic E-state index is -0.0867. The summed E-state index contributed by atoms with van der Waals surface area (Å²) in [5, 5.41) is 3.67. The Morgan fingerprint density at radius 2 is 1.85 bits per heavy atom. The highest BCUT2D eigenvalue weighted by molar-refractivity contribution is 7.98. The molecule has 1 saturated heterocycles. The van der Waals surface area contributed by atoms with E-state index in [1.807, 2.05) is 36.4 Å². The quantitative estimate of drug-likeness (QED) is 0.725. The Labute approximate surface area is 162 Å². The summed E-state index contributed by atoms with van der Waals surface area (Å²) < 4.78 is 0. The molecule has 1 aliphatic rings. The van der Waals surface area contributed by atoms with E-state index >= 15 is 0 Å². The Morgan fingerprint density at radius 1 is 1.12 bits per heavy atom. The van der Waals surface area contributed by atoms with Crippen LogP contribution in [0.5, 0.6) is 0 Å². The third-order valence-corrected chi connectivity index (χ3v) is 5.51. The molecule has 0 unspecified atom stereocenters. The molecular formula is C20H21ClN2O2S. The highest BCUT2D eigenvalue weighted by Crippen LogP contribution is 2.21. The lowest BCUT2D eigenvalue weighted by Gasteiger charge is -2.15. The zero-order valence-electron chi connectivity index (χ0n) is 14.4. The van der Waals surface area contributed by atoms with Gasteiger partial charge in [-0.05, 0) is 48.4 Å². The molecule has 26 heavy (non-hydrogen) atoms. The van der Waals surface area contributed by atoms with Crippen molar-refractivity contribution in [2.45, 2.75) is 18.6 Å². The third kappa shape index (κ3) is 5.02. The molecule has 0 spiro atoms. The van der Waals surface area contributed by atoms with Crippen LogP contribution in [0.25, 0.3) is 0 Å². The molecule has 1 heterocycles. The largest absolute Gasteiger partial charge is 0.351 e. The van der Waals surface area contributed by atoms with Crippen LogP contribution in [0.15, 0.2) is 48.5 Å². The Kier molecular flexibility index (Phi) is 6.58. The molecule has 0 atom stereocenters. The van der Waals surface area contributed by atoms with Crippen LogP contribution >= 0.6 is 23.4 Å². The zero-order chi connectivity index (χ0) is 18.4. The topological polar surface area (TPSA) is 49.4 Å². The molecule has 6 heteroatoms. The number of halogens is 1. The number of nitrogens with one attached hydrogen (secondary N) is 1. The van der Waals surface area contributed by atoms with E-state index in [1.165, 1.54) is 5.56 Å². The second kappa shape index (κ2) is 9.10. The summed E-state index contributed by atoms with van der Waals surface area (Å²) in [5.41, 5.74) is 2.70. The van der Waals surface area contributed by atoms with Gasteiger partial charge < -0.3 is 10.2 Å². The fraction of sp³-hybridized carbons (Fsp3) is 0.300. The molecule has 0 saturated carbocycles. The summed E-state index contributed by atoms with van der Waals surface area (Å²) in [6, 6.07) is 15.0. The summed E-state index contributed by atoms with van der Waals surface area (Å²) in [5.74, 6) is 1.80. The van der Waals surface area contributed by atoms with Gasteiger partial charge in [0.15, 0.2) is 0 Å². The number of carbonyl (C=O) groups is 2. The lowest BCUT2D eigenvalue weighted by Crippen LogP contribution is -2.26. The lowest BCUT2D eigenvalue weighted by atomic mass is 10.2. The van der Waals surface area contributed by atoms with Crippen molar-refractivity contribution < 1.29 is 9.59 Å². The molecule has 0 bridgehead atoms. The van der Waals surface area contributed by atoms with Gasteiger partial charge in [-0.15, -0.1) is 0 Å². The van der Waals surface area contributed by atoms with Gasteiger partial charge in [0.2, 0.25) is 5.91 Å². The molecule has 0 radical (unpaired) electrons. The molecular weight excluding hydrogens is 368 g/mol. The molecule has 1 N–H and O–H groups in total. The van der Waals surface area contributed by atoms with Gasteiger partial charge in [0, 0.05) is 47.3 Å². The lowest BCUT2D eigenvalue weighted by molar-refractivity contribution is -0.117. The van der Waals surface area contributed by atoms with Crippen LogP contribution in [-0.4, -0.2) is 30.7 Å². The van der Waals surface area contributed by atoms with Crippen LogP contribution in [0.1, 0.15) is 28.8 Å². The van der Waals surface area contributed by atoms with Gasteiger partial charge in [-0.1, -0.05) is 23.7 Å². The first-order valence-electron chi connectivity index (χ1n) is 8.64. The number of amides is 2. The zero-order valence-corrected chi connectivity index (χ0v) is 16.0. The summed E-state index contributed by atoms with van der Waals surface area (Å²) in [6.07, 6.45) is 1.50. The van der Waals surface area contributed by atoms with Crippen LogP contribution in [-0.2, 0) is 10.5 Å². The van der Waals surface area contributed by atoms with Crippen molar-refractivity contribution in [1.82, 2.24) is 5.32 Å². The van der Waals surface area contributed by atoms with E-state index in [1.54, 1.807) is 28.8 Å². The summed E-state index contributed by atoms with van der Waals surface area (Å²) in [4.78, 5) is 25.7. The van der Waals surface area contributed by atoms with E-state index < -0.39 is 0 Å². The first-order chi connectivity index (χ1) is 12.6. The summed E-state index contributed by atoms with van der Waals surface area (Å²) >= 11 is 7.64. The van der Waals surface area contributed by atoms with E-state index in [0.29, 0.717) is 18.5 Å². The predicted molar refractivity (Wildman–Crippen MR) is 108 cm³/mol. The SMILES string of the molecule is O=C(NCCSCc1ccc(Cl)cc1)c1ccc(N2CCCC2=O)cc1. The molecule has 0 aromatic heterocycles. The fourth-order valence-electron chi connectivity index (χ4n) is 2.82. The minimum Gasteiger partial charge on any atom is -0.351 e. The van der Waals surface area contributed by atoms with E-state index in [9.17, 15) is 9.59 Å². The Bertz CT molecular complexity index is 762. The number of benzene rings is 2. The van der Waals surface area contributed by atoms with Gasteiger partial charge in [0.25, 0.3) is 5.91 Å². The molecule has 0 aliphatic carbocycles. The first-order valence-corrected chi connectivity index (χ1v) is 10.2. The van der Waals surface area contributed by atoms with E-state index in [2.05, 4.69) is 5.32 Å². The van der Waals surface area contributed by atoms with Crippen LogP contribution in [0, 0.1) is 0 Å². The standard InChI is InChI=1S/C20H21ClN2O2S/c21-17-7-3-15(4-8-17)14-26-13-11-22-20(25)16-5-9-18(10-6-16)23-12-1-2-19(23)24/h3-10H,1-2,11-14H2,(H,22,25). The predicted octanol–water partition coefficient (Wildman–Crippen LogP) is 4.13. The number of nitrogens with zero attached hydrogens (tertiary/aromatic N) is 1. The average molecular weight is 389 g/mol. The van der Waals surface area contributed by atoms with E-state index in [-0.39, 0.29) is 11.8 Å². The number of hydrogen-bond acceptors (Lipinski definition) is 3. The number of hydrogen-bond donors (Lipinski definition) is 1.